The maximum atomic E-state index is 13.1. The summed E-state index contributed by atoms with van der Waals surface area (Å²) in [4.78, 5) is 27.4. The van der Waals surface area contributed by atoms with Crippen molar-refractivity contribution < 1.29 is 27.5 Å². The molecular formula is C28H26ClF3N6O3. The Balaban J connectivity index is 1.22. The van der Waals surface area contributed by atoms with Gasteiger partial charge in [0.05, 0.1) is 29.3 Å². The van der Waals surface area contributed by atoms with Gasteiger partial charge in [-0.25, -0.2) is 4.79 Å². The maximum Gasteiger partial charge on any atom is 0.417 e. The van der Waals surface area contributed by atoms with E-state index in [0.29, 0.717) is 36.5 Å². The van der Waals surface area contributed by atoms with E-state index in [2.05, 4.69) is 31.0 Å². The van der Waals surface area contributed by atoms with Crippen LogP contribution in [-0.2, 0) is 10.9 Å². The quantitative estimate of drug-likeness (QED) is 0.225. The second kappa shape index (κ2) is 12.2. The fourth-order valence-corrected chi connectivity index (χ4v) is 4.69. The Hall–Kier alpha value is -4.13. The summed E-state index contributed by atoms with van der Waals surface area (Å²) in [6.45, 7) is 4.30. The molecule has 3 amide bonds. The Kier molecular flexibility index (Phi) is 8.43. The zero-order valence-electron chi connectivity index (χ0n) is 21.6. The highest BCUT2D eigenvalue weighted by atomic mass is 35.5. The summed E-state index contributed by atoms with van der Waals surface area (Å²) in [7, 11) is 0. The van der Waals surface area contributed by atoms with Crippen LogP contribution in [0.3, 0.4) is 0 Å². The number of urea groups is 1. The third-order valence-electron chi connectivity index (χ3n) is 6.60. The molecule has 1 aromatic heterocycles. The summed E-state index contributed by atoms with van der Waals surface area (Å²) in [6.07, 6.45) is -4.64. The van der Waals surface area contributed by atoms with Gasteiger partial charge in [-0.15, -0.1) is 0 Å². The van der Waals surface area contributed by atoms with Gasteiger partial charge in [-0.3, -0.25) is 14.8 Å². The van der Waals surface area contributed by atoms with Gasteiger partial charge in [-0.2, -0.15) is 18.3 Å². The van der Waals surface area contributed by atoms with Gasteiger partial charge in [0.1, 0.15) is 0 Å². The van der Waals surface area contributed by atoms with E-state index < -0.39 is 22.8 Å². The largest absolute Gasteiger partial charge is 0.417 e. The second-order valence-electron chi connectivity index (χ2n) is 9.39. The molecule has 4 N–H and O–H groups in total. The molecule has 214 valence electrons. The van der Waals surface area contributed by atoms with Crippen LogP contribution in [0.1, 0.15) is 16.1 Å². The molecule has 0 unspecified atom stereocenters. The monoisotopic (exact) mass is 586 g/mol. The highest BCUT2D eigenvalue weighted by molar-refractivity contribution is 6.31. The van der Waals surface area contributed by atoms with Gasteiger partial charge in [0.15, 0.2) is 5.69 Å². The fraction of sp³-hybridized carbons (Fsp3) is 0.250. The van der Waals surface area contributed by atoms with E-state index in [-0.39, 0.29) is 11.6 Å². The first-order valence-corrected chi connectivity index (χ1v) is 13.2. The van der Waals surface area contributed by atoms with E-state index >= 15 is 0 Å². The number of fused-ring (bicyclic) bond motifs is 1. The molecule has 0 radical (unpaired) electrons. The van der Waals surface area contributed by atoms with Gasteiger partial charge < -0.3 is 20.7 Å². The number of aromatic amines is 1. The molecule has 0 aliphatic carbocycles. The minimum absolute atomic E-state index is 0.0507. The number of halogens is 4. The molecule has 4 aromatic rings. The van der Waals surface area contributed by atoms with E-state index in [1.54, 1.807) is 24.3 Å². The summed E-state index contributed by atoms with van der Waals surface area (Å²) < 4.78 is 44.6. The highest BCUT2D eigenvalue weighted by Crippen LogP contribution is 2.36. The molecule has 1 aliphatic heterocycles. The van der Waals surface area contributed by atoms with Crippen molar-refractivity contribution in [2.45, 2.75) is 6.18 Å². The van der Waals surface area contributed by atoms with Gasteiger partial charge in [-0.05, 0) is 53.6 Å². The predicted molar refractivity (Wildman–Crippen MR) is 150 cm³/mol. The predicted octanol–water partition coefficient (Wildman–Crippen LogP) is 5.61. The van der Waals surface area contributed by atoms with Crippen LogP contribution in [0.2, 0.25) is 5.02 Å². The Bertz CT molecular complexity index is 1550. The minimum Gasteiger partial charge on any atom is -0.379 e. The smallest absolute Gasteiger partial charge is 0.379 e. The lowest BCUT2D eigenvalue weighted by Gasteiger charge is -2.26. The zero-order chi connectivity index (χ0) is 29.0. The molecule has 9 nitrogen and oxygen atoms in total. The van der Waals surface area contributed by atoms with E-state index in [1.165, 1.54) is 6.07 Å². The van der Waals surface area contributed by atoms with Crippen LogP contribution in [0.15, 0.2) is 60.7 Å². The van der Waals surface area contributed by atoms with E-state index in [9.17, 15) is 22.8 Å². The van der Waals surface area contributed by atoms with Crippen molar-refractivity contribution in [2.24, 2.45) is 0 Å². The standard InChI is InChI=1S/C28H26ClF3N6O3/c29-23-7-6-20(16-22(23)28(30,31)32)35-27(40)34-19-4-1-17(2-5-19)18-3-8-24-21(15-18)25(37-36-24)26(39)33-9-10-38-11-13-41-14-12-38/h1-8,15-16H,9-14H2,(H,33,39)(H,36,37)(H2,34,35,40). The van der Waals surface area contributed by atoms with Crippen LogP contribution in [0.25, 0.3) is 22.0 Å². The molecule has 1 aliphatic rings. The average molecular weight is 587 g/mol. The summed E-state index contributed by atoms with van der Waals surface area (Å²) in [5.74, 6) is -0.268. The van der Waals surface area contributed by atoms with Crippen LogP contribution in [0, 0.1) is 0 Å². The maximum absolute atomic E-state index is 13.1. The molecule has 0 spiro atoms. The molecule has 5 rings (SSSR count). The van der Waals surface area contributed by atoms with Crippen molar-refractivity contribution in [3.8, 4) is 11.1 Å². The number of carbonyl (C=O) groups is 2. The summed E-state index contributed by atoms with van der Waals surface area (Å²) in [5.41, 5.74) is 2.02. The van der Waals surface area contributed by atoms with Crippen molar-refractivity contribution in [1.29, 1.82) is 0 Å². The molecule has 41 heavy (non-hydrogen) atoms. The van der Waals surface area contributed by atoms with Gasteiger partial charge in [0.2, 0.25) is 0 Å². The molecule has 0 atom stereocenters. The molecule has 0 saturated carbocycles. The van der Waals surface area contributed by atoms with Crippen molar-refractivity contribution in [2.75, 3.05) is 50.0 Å². The first kappa shape index (κ1) is 28.4. The first-order chi connectivity index (χ1) is 19.7. The minimum atomic E-state index is -4.64. The van der Waals surface area contributed by atoms with Gasteiger partial charge >= 0.3 is 12.2 Å². The Morgan fingerprint density at radius 1 is 0.951 bits per heavy atom. The summed E-state index contributed by atoms with van der Waals surface area (Å²) >= 11 is 5.63. The van der Waals surface area contributed by atoms with Crippen LogP contribution in [0.4, 0.5) is 29.3 Å². The van der Waals surface area contributed by atoms with Crippen LogP contribution < -0.4 is 16.0 Å². The topological polar surface area (TPSA) is 111 Å². The number of hydrogen-bond donors (Lipinski definition) is 4. The van der Waals surface area contributed by atoms with Crippen LogP contribution in [0.5, 0.6) is 0 Å². The number of H-pyrrole nitrogens is 1. The molecule has 3 aromatic carbocycles. The van der Waals surface area contributed by atoms with E-state index in [1.807, 2.05) is 18.2 Å². The average Bonchev–Trinajstić information content (AvgIpc) is 3.38. The van der Waals surface area contributed by atoms with Crippen LogP contribution >= 0.6 is 11.6 Å². The Morgan fingerprint density at radius 3 is 2.37 bits per heavy atom. The summed E-state index contributed by atoms with van der Waals surface area (Å²) in [5, 5.41) is 15.2. The number of carbonyl (C=O) groups excluding carboxylic acids is 2. The lowest BCUT2D eigenvalue weighted by Crippen LogP contribution is -2.41. The Morgan fingerprint density at radius 2 is 1.63 bits per heavy atom. The Labute approximate surface area is 238 Å². The van der Waals surface area contributed by atoms with E-state index in [4.69, 9.17) is 16.3 Å². The lowest BCUT2D eigenvalue weighted by atomic mass is 10.0. The summed E-state index contributed by atoms with van der Waals surface area (Å²) in [6, 6.07) is 14.9. The first-order valence-electron chi connectivity index (χ1n) is 12.8. The number of anilines is 2. The molecule has 13 heteroatoms. The number of amides is 3. The zero-order valence-corrected chi connectivity index (χ0v) is 22.4. The van der Waals surface area contributed by atoms with Gasteiger partial charge in [-0.1, -0.05) is 29.8 Å². The number of benzene rings is 3. The van der Waals surface area contributed by atoms with Gasteiger partial charge in [0, 0.05) is 42.9 Å². The highest BCUT2D eigenvalue weighted by Gasteiger charge is 2.33. The second-order valence-corrected chi connectivity index (χ2v) is 9.80. The fourth-order valence-electron chi connectivity index (χ4n) is 4.46. The lowest BCUT2D eigenvalue weighted by molar-refractivity contribution is -0.137. The van der Waals surface area contributed by atoms with Crippen LogP contribution in [-0.4, -0.2) is 66.4 Å². The number of nitrogens with zero attached hydrogens (tertiary/aromatic N) is 2. The number of rotatable bonds is 7. The number of hydrogen-bond acceptors (Lipinski definition) is 5. The molecule has 2 heterocycles. The van der Waals surface area contributed by atoms with Crippen molar-refractivity contribution in [1.82, 2.24) is 20.4 Å². The van der Waals surface area contributed by atoms with Gasteiger partial charge in [0.25, 0.3) is 5.91 Å². The number of nitrogens with one attached hydrogen (secondary N) is 4. The van der Waals surface area contributed by atoms with Crippen molar-refractivity contribution >= 4 is 45.8 Å². The third kappa shape index (κ3) is 6.96. The van der Waals surface area contributed by atoms with Crippen molar-refractivity contribution in [3.05, 3.63) is 76.9 Å². The number of alkyl halides is 3. The van der Waals surface area contributed by atoms with Crippen molar-refractivity contribution in [3.63, 3.8) is 0 Å². The molecule has 1 saturated heterocycles. The normalized spacial score (nSPS) is 14.1. The molecule has 0 bridgehead atoms. The number of morpholine rings is 1. The molecule has 1 fully saturated rings. The number of ether oxygens (including phenoxy) is 1. The third-order valence-corrected chi connectivity index (χ3v) is 6.93. The van der Waals surface area contributed by atoms with E-state index in [0.717, 1.165) is 48.4 Å². The SMILES string of the molecule is O=C(Nc1ccc(-c2ccc3[nH]nc(C(=O)NCCN4CCOCC4)c3c2)cc1)Nc1ccc(Cl)c(C(F)(F)F)c1. The molecular weight excluding hydrogens is 561 g/mol. The number of aromatic nitrogens is 2.